The van der Waals surface area contributed by atoms with Gasteiger partial charge in [0.15, 0.2) is 5.65 Å². The molecule has 4 rings (SSSR count). The lowest BCUT2D eigenvalue weighted by molar-refractivity contribution is 0.824. The predicted molar refractivity (Wildman–Crippen MR) is 92.8 cm³/mol. The summed E-state index contributed by atoms with van der Waals surface area (Å²) in [6, 6.07) is 24.3. The molecule has 0 radical (unpaired) electrons. The minimum absolute atomic E-state index is 0.726. The Morgan fingerprint density at radius 1 is 0.826 bits per heavy atom. The van der Waals surface area contributed by atoms with Crippen LogP contribution in [-0.2, 0) is 6.54 Å². The number of hydrogen-bond donors (Lipinski definition) is 1. The van der Waals surface area contributed by atoms with E-state index < -0.39 is 0 Å². The van der Waals surface area contributed by atoms with Crippen LogP contribution in [0.4, 0.5) is 11.6 Å². The lowest BCUT2D eigenvalue weighted by Crippen LogP contribution is -2.05. The minimum atomic E-state index is 0.726. The largest absolute Gasteiger partial charge is 0.326 e. The number of benzene rings is 2. The minimum Gasteiger partial charge on any atom is -0.326 e. The van der Waals surface area contributed by atoms with Crippen LogP contribution in [0, 0.1) is 0 Å². The first-order valence-electron chi connectivity index (χ1n) is 7.57. The van der Waals surface area contributed by atoms with E-state index in [0.717, 1.165) is 29.3 Å². The number of nitrogens with zero attached hydrogens (tertiary/aromatic N) is 3. The first kappa shape index (κ1) is 13.5. The standard InChI is InChI=1S/C19H16N4/c1-3-8-15(9-4-1)14-23-18-17(12-7-13-20-18)22-19(23)21-16-10-5-2-6-11-16/h1-13H,14H2,(H,21,22). The van der Waals surface area contributed by atoms with Crippen molar-refractivity contribution in [2.45, 2.75) is 6.54 Å². The van der Waals surface area contributed by atoms with Crippen molar-refractivity contribution in [2.75, 3.05) is 5.32 Å². The number of aromatic nitrogens is 3. The Morgan fingerprint density at radius 2 is 1.57 bits per heavy atom. The Morgan fingerprint density at radius 3 is 2.35 bits per heavy atom. The number of pyridine rings is 1. The molecule has 2 heterocycles. The number of para-hydroxylation sites is 1. The van der Waals surface area contributed by atoms with E-state index in [2.05, 4.69) is 27.0 Å². The van der Waals surface area contributed by atoms with E-state index in [1.807, 2.05) is 60.7 Å². The summed E-state index contributed by atoms with van der Waals surface area (Å²) >= 11 is 0. The maximum absolute atomic E-state index is 4.69. The molecule has 0 aliphatic carbocycles. The quantitative estimate of drug-likeness (QED) is 0.613. The Kier molecular flexibility index (Phi) is 3.48. The van der Waals surface area contributed by atoms with E-state index in [4.69, 9.17) is 4.98 Å². The molecular formula is C19H16N4. The molecule has 4 nitrogen and oxygen atoms in total. The molecule has 0 saturated carbocycles. The zero-order valence-electron chi connectivity index (χ0n) is 12.6. The topological polar surface area (TPSA) is 42.7 Å². The van der Waals surface area contributed by atoms with Gasteiger partial charge in [0.2, 0.25) is 5.95 Å². The molecule has 23 heavy (non-hydrogen) atoms. The van der Waals surface area contributed by atoms with Crippen LogP contribution in [0.5, 0.6) is 0 Å². The highest BCUT2D eigenvalue weighted by molar-refractivity contribution is 5.75. The van der Waals surface area contributed by atoms with Gasteiger partial charge >= 0.3 is 0 Å². The van der Waals surface area contributed by atoms with Gasteiger partial charge in [-0.3, -0.25) is 4.57 Å². The fraction of sp³-hybridized carbons (Fsp3) is 0.0526. The van der Waals surface area contributed by atoms with E-state index in [-0.39, 0.29) is 0 Å². The summed E-state index contributed by atoms with van der Waals surface area (Å²) in [5.41, 5.74) is 4.00. The van der Waals surface area contributed by atoms with Crippen molar-refractivity contribution in [1.82, 2.24) is 14.5 Å². The molecular weight excluding hydrogens is 284 g/mol. The van der Waals surface area contributed by atoms with Crippen LogP contribution >= 0.6 is 0 Å². The van der Waals surface area contributed by atoms with Crippen molar-refractivity contribution in [2.24, 2.45) is 0 Å². The van der Waals surface area contributed by atoms with Gasteiger partial charge in [0, 0.05) is 11.9 Å². The maximum Gasteiger partial charge on any atom is 0.209 e. The Labute approximate surface area is 134 Å². The van der Waals surface area contributed by atoms with Crippen LogP contribution in [0.15, 0.2) is 79.0 Å². The average Bonchev–Trinajstić information content (AvgIpc) is 2.94. The highest BCUT2D eigenvalue weighted by atomic mass is 15.2. The number of nitrogens with one attached hydrogen (secondary N) is 1. The van der Waals surface area contributed by atoms with Crippen LogP contribution in [-0.4, -0.2) is 14.5 Å². The summed E-state index contributed by atoms with van der Waals surface area (Å²) in [6.45, 7) is 0.726. The van der Waals surface area contributed by atoms with Crippen LogP contribution < -0.4 is 5.32 Å². The smallest absolute Gasteiger partial charge is 0.209 e. The first-order chi connectivity index (χ1) is 11.4. The predicted octanol–water partition coefficient (Wildman–Crippen LogP) is 4.22. The molecule has 1 N–H and O–H groups in total. The molecule has 0 atom stereocenters. The van der Waals surface area contributed by atoms with Gasteiger partial charge in [-0.15, -0.1) is 0 Å². The summed E-state index contributed by atoms with van der Waals surface area (Å²) in [5.74, 6) is 0.800. The number of anilines is 2. The molecule has 0 bridgehead atoms. The molecule has 0 fully saturated rings. The third kappa shape index (κ3) is 2.79. The third-order valence-electron chi connectivity index (χ3n) is 3.72. The van der Waals surface area contributed by atoms with Gasteiger partial charge in [-0.25, -0.2) is 9.97 Å². The summed E-state index contributed by atoms with van der Waals surface area (Å²) in [5, 5.41) is 3.39. The molecule has 2 aromatic carbocycles. The zero-order chi connectivity index (χ0) is 15.5. The van der Waals surface area contributed by atoms with Crippen LogP contribution in [0.1, 0.15) is 5.56 Å². The van der Waals surface area contributed by atoms with Gasteiger partial charge in [-0.1, -0.05) is 48.5 Å². The summed E-state index contributed by atoms with van der Waals surface area (Å²) < 4.78 is 2.11. The molecule has 0 aliphatic rings. The highest BCUT2D eigenvalue weighted by Gasteiger charge is 2.12. The number of hydrogen-bond acceptors (Lipinski definition) is 3. The summed E-state index contributed by atoms with van der Waals surface area (Å²) in [4.78, 5) is 9.19. The maximum atomic E-state index is 4.69. The van der Waals surface area contributed by atoms with Crippen molar-refractivity contribution >= 4 is 22.8 Å². The second kappa shape index (κ2) is 5.93. The molecule has 0 saturated heterocycles. The van der Waals surface area contributed by atoms with E-state index >= 15 is 0 Å². The van der Waals surface area contributed by atoms with E-state index in [1.54, 1.807) is 6.20 Å². The van der Waals surface area contributed by atoms with Crippen molar-refractivity contribution in [3.05, 3.63) is 84.6 Å². The van der Waals surface area contributed by atoms with Gasteiger partial charge in [-0.05, 0) is 29.8 Å². The fourth-order valence-corrected chi connectivity index (χ4v) is 2.62. The third-order valence-corrected chi connectivity index (χ3v) is 3.72. The molecule has 0 spiro atoms. The molecule has 2 aromatic heterocycles. The van der Waals surface area contributed by atoms with Gasteiger partial charge in [0.1, 0.15) is 5.52 Å². The molecule has 4 heteroatoms. The SMILES string of the molecule is c1ccc(Cn2c(Nc3ccccc3)nc3cccnc32)cc1. The normalized spacial score (nSPS) is 10.8. The van der Waals surface area contributed by atoms with Crippen molar-refractivity contribution in [1.29, 1.82) is 0 Å². The van der Waals surface area contributed by atoms with Crippen molar-refractivity contribution in [3.63, 3.8) is 0 Å². The van der Waals surface area contributed by atoms with Crippen molar-refractivity contribution < 1.29 is 0 Å². The van der Waals surface area contributed by atoms with E-state index in [9.17, 15) is 0 Å². The van der Waals surface area contributed by atoms with Gasteiger partial charge in [0.25, 0.3) is 0 Å². The molecule has 4 aromatic rings. The Balaban J connectivity index is 1.78. The molecule has 0 aliphatic heterocycles. The molecule has 0 unspecified atom stereocenters. The lowest BCUT2D eigenvalue weighted by atomic mass is 10.2. The number of imidazole rings is 1. The molecule has 0 amide bonds. The monoisotopic (exact) mass is 300 g/mol. The zero-order valence-corrected chi connectivity index (χ0v) is 12.6. The summed E-state index contributed by atoms with van der Waals surface area (Å²) in [7, 11) is 0. The van der Waals surface area contributed by atoms with E-state index in [1.165, 1.54) is 5.56 Å². The second-order valence-corrected chi connectivity index (χ2v) is 5.34. The van der Waals surface area contributed by atoms with E-state index in [0.29, 0.717) is 0 Å². The Bertz CT molecular complexity index is 914. The average molecular weight is 300 g/mol. The number of rotatable bonds is 4. The van der Waals surface area contributed by atoms with Crippen molar-refractivity contribution in [3.8, 4) is 0 Å². The van der Waals surface area contributed by atoms with Gasteiger partial charge < -0.3 is 5.32 Å². The van der Waals surface area contributed by atoms with Crippen LogP contribution in [0.3, 0.4) is 0 Å². The molecule has 112 valence electrons. The fourth-order valence-electron chi connectivity index (χ4n) is 2.62. The van der Waals surface area contributed by atoms with Gasteiger partial charge in [0.05, 0.1) is 6.54 Å². The Hall–Kier alpha value is -3.14. The first-order valence-corrected chi connectivity index (χ1v) is 7.57. The highest BCUT2D eigenvalue weighted by Crippen LogP contribution is 2.22. The second-order valence-electron chi connectivity index (χ2n) is 5.34. The lowest BCUT2D eigenvalue weighted by Gasteiger charge is -2.10. The van der Waals surface area contributed by atoms with Gasteiger partial charge in [-0.2, -0.15) is 0 Å². The van der Waals surface area contributed by atoms with Crippen LogP contribution in [0.25, 0.3) is 11.2 Å². The van der Waals surface area contributed by atoms with Crippen LogP contribution in [0.2, 0.25) is 0 Å². The summed E-state index contributed by atoms with van der Waals surface area (Å²) in [6.07, 6.45) is 1.80. The number of fused-ring (bicyclic) bond motifs is 1.